The molecule has 0 aliphatic heterocycles. The SMILES string of the molecule is COc1ccc(N(Cc2cccs2)S(=O)(=O)c2ccccc2Cl)cc1. The summed E-state index contributed by atoms with van der Waals surface area (Å²) in [7, 11) is -2.24. The number of sulfonamides is 1. The van der Waals surface area contributed by atoms with Crippen LogP contribution in [0.5, 0.6) is 5.75 Å². The summed E-state index contributed by atoms with van der Waals surface area (Å²) in [6.45, 7) is 0.234. The zero-order valence-electron chi connectivity index (χ0n) is 13.4. The minimum absolute atomic E-state index is 0.0871. The van der Waals surface area contributed by atoms with Crippen LogP contribution >= 0.6 is 22.9 Å². The van der Waals surface area contributed by atoms with Crippen molar-refractivity contribution in [2.24, 2.45) is 0 Å². The van der Waals surface area contributed by atoms with Crippen molar-refractivity contribution < 1.29 is 13.2 Å². The maximum atomic E-state index is 13.2. The second-order valence-corrected chi connectivity index (χ2v) is 8.49. The lowest BCUT2D eigenvalue weighted by Gasteiger charge is -2.24. The summed E-state index contributed by atoms with van der Waals surface area (Å²) in [5.41, 5.74) is 0.550. The number of halogens is 1. The van der Waals surface area contributed by atoms with E-state index < -0.39 is 10.0 Å². The van der Waals surface area contributed by atoms with Crippen LogP contribution in [0.4, 0.5) is 5.69 Å². The van der Waals surface area contributed by atoms with Crippen molar-refractivity contribution in [2.75, 3.05) is 11.4 Å². The largest absolute Gasteiger partial charge is 0.497 e. The number of benzene rings is 2. The Morgan fingerprint density at radius 2 is 1.76 bits per heavy atom. The molecule has 1 aromatic heterocycles. The molecule has 130 valence electrons. The molecule has 0 atom stereocenters. The van der Waals surface area contributed by atoms with Gasteiger partial charge >= 0.3 is 0 Å². The molecule has 0 aliphatic carbocycles. The normalized spacial score (nSPS) is 11.3. The molecule has 0 spiro atoms. The summed E-state index contributed by atoms with van der Waals surface area (Å²) < 4.78 is 33.0. The monoisotopic (exact) mass is 393 g/mol. The molecule has 0 N–H and O–H groups in total. The van der Waals surface area contributed by atoms with Gasteiger partial charge in [0, 0.05) is 4.88 Å². The summed E-state index contributed by atoms with van der Waals surface area (Å²) >= 11 is 7.65. The van der Waals surface area contributed by atoms with Crippen molar-refractivity contribution in [2.45, 2.75) is 11.4 Å². The first-order valence-electron chi connectivity index (χ1n) is 7.46. The van der Waals surface area contributed by atoms with Crippen molar-refractivity contribution in [1.29, 1.82) is 0 Å². The van der Waals surface area contributed by atoms with Gasteiger partial charge < -0.3 is 4.74 Å². The zero-order valence-corrected chi connectivity index (χ0v) is 15.8. The van der Waals surface area contributed by atoms with Crippen LogP contribution in [0.15, 0.2) is 70.9 Å². The second kappa shape index (κ2) is 7.47. The quantitative estimate of drug-likeness (QED) is 0.604. The Hall–Kier alpha value is -2.02. The van der Waals surface area contributed by atoms with Crippen LogP contribution in [0.1, 0.15) is 4.88 Å². The molecule has 0 radical (unpaired) electrons. The third-order valence-corrected chi connectivity index (χ3v) is 6.78. The van der Waals surface area contributed by atoms with Gasteiger partial charge in [-0.15, -0.1) is 11.3 Å². The molecular weight excluding hydrogens is 378 g/mol. The Labute approximate surface area is 156 Å². The van der Waals surface area contributed by atoms with Gasteiger partial charge in [0.2, 0.25) is 0 Å². The predicted octanol–water partition coefficient (Wildman–Crippen LogP) is 4.81. The van der Waals surface area contributed by atoms with Gasteiger partial charge in [0.15, 0.2) is 0 Å². The molecule has 2 aromatic carbocycles. The summed E-state index contributed by atoms with van der Waals surface area (Å²) in [6.07, 6.45) is 0. The van der Waals surface area contributed by atoms with Crippen LogP contribution in [0.25, 0.3) is 0 Å². The highest BCUT2D eigenvalue weighted by Gasteiger charge is 2.27. The van der Waals surface area contributed by atoms with Crippen LogP contribution in [0.3, 0.4) is 0 Å². The molecule has 0 aliphatic rings. The molecule has 25 heavy (non-hydrogen) atoms. The molecule has 0 unspecified atom stereocenters. The lowest BCUT2D eigenvalue weighted by molar-refractivity contribution is 0.415. The number of thiophene rings is 1. The van der Waals surface area contributed by atoms with E-state index in [4.69, 9.17) is 16.3 Å². The van der Waals surface area contributed by atoms with E-state index in [0.717, 1.165) is 4.88 Å². The molecule has 0 saturated carbocycles. The van der Waals surface area contributed by atoms with Gasteiger partial charge in [-0.25, -0.2) is 8.42 Å². The average Bonchev–Trinajstić information content (AvgIpc) is 3.13. The predicted molar refractivity (Wildman–Crippen MR) is 102 cm³/mol. The topological polar surface area (TPSA) is 46.6 Å². The second-order valence-electron chi connectivity index (χ2n) is 5.22. The molecule has 3 aromatic rings. The van der Waals surface area contributed by atoms with Crippen LogP contribution < -0.4 is 9.04 Å². The van der Waals surface area contributed by atoms with Gasteiger partial charge in [0.1, 0.15) is 10.6 Å². The Morgan fingerprint density at radius 1 is 1.04 bits per heavy atom. The summed E-state index contributed by atoms with van der Waals surface area (Å²) in [6, 6.07) is 17.2. The van der Waals surface area contributed by atoms with Crippen molar-refractivity contribution >= 4 is 38.6 Å². The van der Waals surface area contributed by atoms with Crippen molar-refractivity contribution in [1.82, 2.24) is 0 Å². The van der Waals surface area contributed by atoms with Gasteiger partial charge in [-0.3, -0.25) is 4.31 Å². The van der Waals surface area contributed by atoms with E-state index >= 15 is 0 Å². The minimum atomic E-state index is -3.81. The minimum Gasteiger partial charge on any atom is -0.497 e. The van der Waals surface area contributed by atoms with Crippen molar-refractivity contribution in [3.8, 4) is 5.75 Å². The van der Waals surface area contributed by atoms with E-state index in [1.54, 1.807) is 49.6 Å². The number of anilines is 1. The van der Waals surface area contributed by atoms with E-state index in [1.807, 2.05) is 17.5 Å². The first-order valence-corrected chi connectivity index (χ1v) is 10.2. The molecule has 0 fully saturated rings. The maximum absolute atomic E-state index is 13.2. The average molecular weight is 394 g/mol. The first kappa shape index (κ1) is 17.8. The van der Waals surface area contributed by atoms with Crippen molar-refractivity contribution in [3.63, 3.8) is 0 Å². The Bertz CT molecular complexity index is 939. The summed E-state index contributed by atoms with van der Waals surface area (Å²) in [5.74, 6) is 0.662. The number of hydrogen-bond acceptors (Lipinski definition) is 4. The fraction of sp³-hybridized carbons (Fsp3) is 0.111. The Morgan fingerprint density at radius 3 is 2.36 bits per heavy atom. The maximum Gasteiger partial charge on any atom is 0.266 e. The molecule has 4 nitrogen and oxygen atoms in total. The standard InChI is InChI=1S/C18H16ClNO3S2/c1-23-15-10-8-14(9-11-15)20(13-16-5-4-12-24-16)25(21,22)18-7-3-2-6-17(18)19/h2-12H,13H2,1H3. The van der Waals surface area contributed by atoms with E-state index in [1.165, 1.54) is 21.7 Å². The number of hydrogen-bond donors (Lipinski definition) is 0. The van der Waals surface area contributed by atoms with Crippen LogP contribution in [0.2, 0.25) is 5.02 Å². The molecule has 3 rings (SSSR count). The Balaban J connectivity index is 2.08. The van der Waals surface area contributed by atoms with Gasteiger partial charge in [-0.1, -0.05) is 29.8 Å². The van der Waals surface area contributed by atoms with Crippen molar-refractivity contribution in [3.05, 3.63) is 75.9 Å². The molecule has 7 heteroatoms. The number of rotatable bonds is 6. The van der Waals surface area contributed by atoms with Crippen LogP contribution in [-0.4, -0.2) is 15.5 Å². The zero-order chi connectivity index (χ0) is 17.9. The molecule has 0 amide bonds. The fourth-order valence-electron chi connectivity index (χ4n) is 2.38. The lowest BCUT2D eigenvalue weighted by atomic mass is 10.3. The van der Waals surface area contributed by atoms with Gasteiger partial charge in [-0.05, 0) is 47.8 Å². The molecule has 0 saturated heterocycles. The third-order valence-electron chi connectivity index (χ3n) is 3.64. The van der Waals surface area contributed by atoms with E-state index in [9.17, 15) is 8.42 Å². The lowest BCUT2D eigenvalue weighted by Crippen LogP contribution is -2.30. The molecule has 1 heterocycles. The highest BCUT2D eigenvalue weighted by Crippen LogP contribution is 2.31. The summed E-state index contributed by atoms with van der Waals surface area (Å²) in [4.78, 5) is 1.02. The first-order chi connectivity index (χ1) is 12.0. The molecule has 0 bridgehead atoms. The number of nitrogens with zero attached hydrogens (tertiary/aromatic N) is 1. The Kier molecular flexibility index (Phi) is 5.32. The van der Waals surface area contributed by atoms with E-state index in [2.05, 4.69) is 0 Å². The smallest absolute Gasteiger partial charge is 0.266 e. The van der Waals surface area contributed by atoms with Gasteiger partial charge in [0.05, 0.1) is 24.4 Å². The van der Waals surface area contributed by atoms with Crippen LogP contribution in [-0.2, 0) is 16.6 Å². The summed E-state index contributed by atoms with van der Waals surface area (Å²) in [5, 5.41) is 2.12. The number of methoxy groups -OCH3 is 1. The van der Waals surface area contributed by atoms with Gasteiger partial charge in [0.25, 0.3) is 10.0 Å². The highest BCUT2D eigenvalue weighted by molar-refractivity contribution is 7.93. The van der Waals surface area contributed by atoms with E-state index in [-0.39, 0.29) is 16.5 Å². The fourth-order valence-corrected chi connectivity index (χ4v) is 5.09. The van der Waals surface area contributed by atoms with Gasteiger partial charge in [-0.2, -0.15) is 0 Å². The van der Waals surface area contributed by atoms with E-state index in [0.29, 0.717) is 11.4 Å². The highest BCUT2D eigenvalue weighted by atomic mass is 35.5. The molecular formula is C18H16ClNO3S2. The third kappa shape index (κ3) is 3.81. The number of ether oxygens (including phenoxy) is 1. The van der Waals surface area contributed by atoms with Crippen LogP contribution in [0, 0.1) is 0 Å².